The van der Waals surface area contributed by atoms with E-state index in [4.69, 9.17) is 33.7 Å². The van der Waals surface area contributed by atoms with Gasteiger partial charge in [-0.25, -0.2) is 9.59 Å². The molecule has 1 saturated heterocycles. The van der Waals surface area contributed by atoms with Gasteiger partial charge in [-0.1, -0.05) is 23.2 Å². The Morgan fingerprint density at radius 2 is 2.20 bits per heavy atom. The lowest BCUT2D eigenvalue weighted by Crippen LogP contribution is -2.31. The number of amides is 2. The number of ether oxygens (including phenoxy) is 1. The predicted molar refractivity (Wildman–Crippen MR) is 76.1 cm³/mol. The normalized spacial score (nSPS) is 14.3. The molecule has 108 valence electrons. The van der Waals surface area contributed by atoms with Crippen molar-refractivity contribution >= 4 is 40.9 Å². The van der Waals surface area contributed by atoms with Gasteiger partial charge >= 0.3 is 12.0 Å². The molecule has 0 bridgehead atoms. The van der Waals surface area contributed by atoms with Crippen LogP contribution in [0, 0.1) is 0 Å². The lowest BCUT2D eigenvalue weighted by molar-refractivity contribution is 0.0481. The Morgan fingerprint density at radius 1 is 1.45 bits per heavy atom. The topological polar surface area (TPSA) is 84.7 Å². The zero-order chi connectivity index (χ0) is 14.7. The zero-order valence-corrected chi connectivity index (χ0v) is 12.0. The smallest absolute Gasteiger partial charge is 0.338 e. The van der Waals surface area contributed by atoms with Crippen molar-refractivity contribution in [3.8, 4) is 0 Å². The van der Waals surface area contributed by atoms with Crippen LogP contribution in [0.3, 0.4) is 0 Å². The second-order valence-corrected chi connectivity index (χ2v) is 5.00. The fraction of sp³-hybridized carbons (Fsp3) is 0.333. The molecule has 1 fully saturated rings. The van der Waals surface area contributed by atoms with Crippen LogP contribution in [0.5, 0.6) is 0 Å². The molecule has 1 aromatic carbocycles. The molecule has 0 spiro atoms. The lowest BCUT2D eigenvalue weighted by atomic mass is 10.2. The van der Waals surface area contributed by atoms with Crippen LogP contribution in [0.1, 0.15) is 10.4 Å². The van der Waals surface area contributed by atoms with Crippen LogP contribution in [0.15, 0.2) is 12.1 Å². The number of hydrogen-bond donors (Lipinski definition) is 2. The van der Waals surface area contributed by atoms with Crippen LogP contribution in [0.4, 0.5) is 10.5 Å². The van der Waals surface area contributed by atoms with Crippen LogP contribution in [-0.4, -0.2) is 43.1 Å². The Hall–Kier alpha value is -1.66. The molecule has 6 nitrogen and oxygen atoms in total. The number of carbonyl (C=O) groups is 2. The monoisotopic (exact) mass is 317 g/mol. The fourth-order valence-electron chi connectivity index (χ4n) is 1.78. The molecule has 1 aliphatic rings. The molecule has 0 radical (unpaired) electrons. The van der Waals surface area contributed by atoms with Crippen LogP contribution in [0.25, 0.3) is 0 Å². The number of carbonyl (C=O) groups excluding carboxylic acids is 2. The third-order valence-electron chi connectivity index (χ3n) is 2.83. The summed E-state index contributed by atoms with van der Waals surface area (Å²) in [6.45, 7) is 1.66. The maximum absolute atomic E-state index is 11.8. The van der Waals surface area contributed by atoms with Crippen molar-refractivity contribution in [1.29, 1.82) is 0 Å². The number of halogens is 2. The minimum absolute atomic E-state index is 0.104. The Kier molecular flexibility index (Phi) is 4.57. The first kappa shape index (κ1) is 14.7. The van der Waals surface area contributed by atoms with E-state index < -0.39 is 5.97 Å². The van der Waals surface area contributed by atoms with Gasteiger partial charge in [-0.2, -0.15) is 0 Å². The van der Waals surface area contributed by atoms with E-state index in [-0.39, 0.29) is 33.9 Å². The van der Waals surface area contributed by atoms with E-state index in [1.54, 1.807) is 4.90 Å². The van der Waals surface area contributed by atoms with Gasteiger partial charge in [0, 0.05) is 13.1 Å². The predicted octanol–water partition coefficient (Wildman–Crippen LogP) is 1.76. The molecule has 2 rings (SSSR count). The number of nitrogen functional groups attached to an aromatic ring is 1. The van der Waals surface area contributed by atoms with Crippen molar-refractivity contribution in [3.63, 3.8) is 0 Å². The first-order chi connectivity index (χ1) is 9.49. The largest absolute Gasteiger partial charge is 0.460 e. The summed E-state index contributed by atoms with van der Waals surface area (Å²) in [5.41, 5.74) is 6.06. The lowest BCUT2D eigenvalue weighted by Gasteiger charge is -2.14. The first-order valence-electron chi connectivity index (χ1n) is 5.93. The fourth-order valence-corrected chi connectivity index (χ4v) is 2.12. The average Bonchev–Trinajstić information content (AvgIpc) is 2.81. The first-order valence-corrected chi connectivity index (χ1v) is 6.69. The van der Waals surface area contributed by atoms with Gasteiger partial charge in [-0.05, 0) is 12.1 Å². The van der Waals surface area contributed by atoms with E-state index in [2.05, 4.69) is 5.32 Å². The molecular weight excluding hydrogens is 305 g/mol. The van der Waals surface area contributed by atoms with Crippen LogP contribution in [0.2, 0.25) is 10.0 Å². The highest BCUT2D eigenvalue weighted by molar-refractivity contribution is 6.43. The van der Waals surface area contributed by atoms with Gasteiger partial charge < -0.3 is 20.7 Å². The van der Waals surface area contributed by atoms with Gasteiger partial charge in [-0.15, -0.1) is 0 Å². The standard InChI is InChI=1S/C12H13Cl2N3O3/c13-8-5-7(6-9(15)10(8)14)11(18)20-4-3-17-2-1-16-12(17)19/h5-6H,1-4,15H2,(H,16,19). The summed E-state index contributed by atoms with van der Waals surface area (Å²) in [6, 6.07) is 2.64. The van der Waals surface area contributed by atoms with Gasteiger partial charge in [0.25, 0.3) is 0 Å². The molecule has 0 aliphatic carbocycles. The van der Waals surface area contributed by atoms with Crippen molar-refractivity contribution in [2.45, 2.75) is 0 Å². The van der Waals surface area contributed by atoms with Gasteiger partial charge in [0.1, 0.15) is 6.61 Å². The molecule has 1 heterocycles. The van der Waals surface area contributed by atoms with E-state index in [9.17, 15) is 9.59 Å². The summed E-state index contributed by atoms with van der Waals surface area (Å²) in [4.78, 5) is 24.7. The molecule has 2 amide bonds. The van der Waals surface area contributed by atoms with E-state index in [0.717, 1.165) is 0 Å². The van der Waals surface area contributed by atoms with E-state index in [1.807, 2.05) is 0 Å². The second kappa shape index (κ2) is 6.19. The summed E-state index contributed by atoms with van der Waals surface area (Å²) < 4.78 is 5.07. The average molecular weight is 318 g/mol. The number of rotatable bonds is 4. The third kappa shape index (κ3) is 3.26. The summed E-state index contributed by atoms with van der Waals surface area (Å²) in [5.74, 6) is -0.560. The minimum Gasteiger partial charge on any atom is -0.460 e. The molecule has 1 aliphatic heterocycles. The highest BCUT2D eigenvalue weighted by atomic mass is 35.5. The molecule has 0 saturated carbocycles. The van der Waals surface area contributed by atoms with Crippen molar-refractivity contribution in [2.75, 3.05) is 32.0 Å². The minimum atomic E-state index is -0.560. The molecule has 20 heavy (non-hydrogen) atoms. The molecule has 1 aromatic rings. The highest BCUT2D eigenvalue weighted by Crippen LogP contribution is 2.29. The molecular formula is C12H13Cl2N3O3. The summed E-state index contributed by atoms with van der Waals surface area (Å²) in [7, 11) is 0. The zero-order valence-electron chi connectivity index (χ0n) is 10.5. The number of anilines is 1. The summed E-state index contributed by atoms with van der Waals surface area (Å²) in [5, 5.41) is 3.06. The molecule has 0 unspecified atom stereocenters. The quantitative estimate of drug-likeness (QED) is 0.654. The van der Waals surface area contributed by atoms with Crippen molar-refractivity contribution in [3.05, 3.63) is 27.7 Å². The Balaban J connectivity index is 1.90. The van der Waals surface area contributed by atoms with Crippen molar-refractivity contribution in [2.24, 2.45) is 0 Å². The Bertz CT molecular complexity index is 528. The number of hydrogen-bond acceptors (Lipinski definition) is 4. The maximum Gasteiger partial charge on any atom is 0.338 e. The van der Waals surface area contributed by atoms with Crippen LogP contribution in [-0.2, 0) is 4.74 Å². The Morgan fingerprint density at radius 3 is 2.80 bits per heavy atom. The maximum atomic E-state index is 11.8. The molecule has 0 aromatic heterocycles. The van der Waals surface area contributed by atoms with Gasteiger partial charge in [0.05, 0.1) is 27.8 Å². The molecule has 0 atom stereocenters. The van der Waals surface area contributed by atoms with E-state index >= 15 is 0 Å². The Labute approximate surface area is 125 Å². The number of esters is 1. The van der Waals surface area contributed by atoms with Crippen molar-refractivity contribution in [1.82, 2.24) is 10.2 Å². The number of urea groups is 1. The number of nitrogens with zero attached hydrogens (tertiary/aromatic N) is 1. The number of nitrogens with one attached hydrogen (secondary N) is 1. The number of nitrogens with two attached hydrogens (primary N) is 1. The van der Waals surface area contributed by atoms with E-state index in [0.29, 0.717) is 19.6 Å². The SMILES string of the molecule is Nc1cc(C(=O)OCCN2CCNC2=O)cc(Cl)c1Cl. The van der Waals surface area contributed by atoms with Gasteiger partial charge in [0.2, 0.25) is 0 Å². The van der Waals surface area contributed by atoms with Crippen LogP contribution >= 0.6 is 23.2 Å². The van der Waals surface area contributed by atoms with Gasteiger partial charge in [0.15, 0.2) is 0 Å². The summed E-state index contributed by atoms with van der Waals surface area (Å²) in [6.07, 6.45) is 0. The van der Waals surface area contributed by atoms with Gasteiger partial charge in [-0.3, -0.25) is 0 Å². The van der Waals surface area contributed by atoms with Crippen molar-refractivity contribution < 1.29 is 14.3 Å². The third-order valence-corrected chi connectivity index (χ3v) is 3.65. The van der Waals surface area contributed by atoms with E-state index in [1.165, 1.54) is 12.1 Å². The second-order valence-electron chi connectivity index (χ2n) is 4.22. The number of benzene rings is 1. The highest BCUT2D eigenvalue weighted by Gasteiger charge is 2.19. The molecule has 8 heteroatoms. The summed E-state index contributed by atoms with van der Waals surface area (Å²) >= 11 is 11.6. The molecule has 3 N–H and O–H groups in total. The van der Waals surface area contributed by atoms with Crippen LogP contribution < -0.4 is 11.1 Å².